The number of nitrogens with zero attached hydrogens (tertiary/aromatic N) is 1. The summed E-state index contributed by atoms with van der Waals surface area (Å²) in [6.07, 6.45) is 3.57. The third kappa shape index (κ3) is 2.37. The third-order valence-corrected chi connectivity index (χ3v) is 4.15. The normalized spacial score (nSPS) is 17.5. The van der Waals surface area contributed by atoms with Gasteiger partial charge < -0.3 is 10.4 Å². The molecule has 1 aromatic carbocycles. The number of carbonyl (C=O) groups excluding carboxylic acids is 1. The van der Waals surface area contributed by atoms with Crippen LogP contribution in [0.3, 0.4) is 0 Å². The highest BCUT2D eigenvalue weighted by Crippen LogP contribution is 2.29. The van der Waals surface area contributed by atoms with Crippen molar-refractivity contribution in [3.63, 3.8) is 0 Å². The summed E-state index contributed by atoms with van der Waals surface area (Å²) >= 11 is 0. The Morgan fingerprint density at radius 1 is 1.19 bits per heavy atom. The van der Waals surface area contributed by atoms with Gasteiger partial charge in [0.05, 0.1) is 5.52 Å². The van der Waals surface area contributed by atoms with Gasteiger partial charge in [-0.3, -0.25) is 9.89 Å². The number of hydrogen-bond acceptors (Lipinski definition) is 3. The van der Waals surface area contributed by atoms with Crippen molar-refractivity contribution >= 4 is 22.8 Å². The summed E-state index contributed by atoms with van der Waals surface area (Å²) in [7, 11) is 0. The van der Waals surface area contributed by atoms with Crippen LogP contribution in [0.5, 0.6) is 0 Å². The van der Waals surface area contributed by atoms with E-state index in [0.29, 0.717) is 18.2 Å². The standard InChI is InChI=1S/C15H17N3O3/c19-13(12-10-6-2-3-7-11(10)17-18-12)16-15(14(20)21)8-4-1-5-9-15/h2-3,6-7H,1,4-5,8-9H2,(H,16,19)(H,17,18)(H,20,21). The van der Waals surface area contributed by atoms with Gasteiger partial charge in [-0.25, -0.2) is 4.79 Å². The number of carbonyl (C=O) groups is 2. The van der Waals surface area contributed by atoms with Crippen molar-refractivity contribution in [1.82, 2.24) is 15.5 Å². The fourth-order valence-electron chi connectivity index (χ4n) is 2.96. The summed E-state index contributed by atoms with van der Waals surface area (Å²) in [5, 5.41) is 19.7. The van der Waals surface area contributed by atoms with E-state index in [1.165, 1.54) is 0 Å². The molecule has 0 radical (unpaired) electrons. The van der Waals surface area contributed by atoms with Gasteiger partial charge in [-0.05, 0) is 18.9 Å². The predicted octanol–water partition coefficient (Wildman–Crippen LogP) is 2.08. The molecule has 1 saturated carbocycles. The highest BCUT2D eigenvalue weighted by Gasteiger charge is 2.41. The Morgan fingerprint density at radius 3 is 2.62 bits per heavy atom. The smallest absolute Gasteiger partial charge is 0.329 e. The molecule has 0 unspecified atom stereocenters. The molecule has 3 rings (SSSR count). The largest absolute Gasteiger partial charge is 0.480 e. The topological polar surface area (TPSA) is 95.1 Å². The lowest BCUT2D eigenvalue weighted by atomic mass is 9.81. The quantitative estimate of drug-likeness (QED) is 0.805. The number of H-pyrrole nitrogens is 1. The van der Waals surface area contributed by atoms with E-state index in [1.807, 2.05) is 18.2 Å². The number of aromatic nitrogens is 2. The van der Waals surface area contributed by atoms with Crippen molar-refractivity contribution in [2.45, 2.75) is 37.6 Å². The second-order valence-corrected chi connectivity index (χ2v) is 5.52. The summed E-state index contributed by atoms with van der Waals surface area (Å²) < 4.78 is 0. The summed E-state index contributed by atoms with van der Waals surface area (Å²) in [5.41, 5.74) is -0.150. The molecule has 2 aromatic rings. The fourth-order valence-corrected chi connectivity index (χ4v) is 2.96. The highest BCUT2D eigenvalue weighted by atomic mass is 16.4. The first kappa shape index (κ1) is 13.6. The average molecular weight is 287 g/mol. The maximum absolute atomic E-state index is 12.4. The fraction of sp³-hybridized carbons (Fsp3) is 0.400. The zero-order valence-electron chi connectivity index (χ0n) is 11.6. The van der Waals surface area contributed by atoms with Gasteiger partial charge in [-0.1, -0.05) is 37.5 Å². The maximum Gasteiger partial charge on any atom is 0.329 e. The number of aromatic amines is 1. The van der Waals surface area contributed by atoms with Crippen LogP contribution < -0.4 is 5.32 Å². The van der Waals surface area contributed by atoms with Crippen LogP contribution in [0.2, 0.25) is 0 Å². The minimum Gasteiger partial charge on any atom is -0.480 e. The molecule has 0 spiro atoms. The molecule has 1 aliphatic carbocycles. The van der Waals surface area contributed by atoms with E-state index in [2.05, 4.69) is 15.5 Å². The molecule has 0 aliphatic heterocycles. The molecule has 21 heavy (non-hydrogen) atoms. The van der Waals surface area contributed by atoms with E-state index in [0.717, 1.165) is 24.8 Å². The Bertz CT molecular complexity index is 686. The first-order valence-corrected chi connectivity index (χ1v) is 7.11. The van der Waals surface area contributed by atoms with E-state index >= 15 is 0 Å². The van der Waals surface area contributed by atoms with Crippen molar-refractivity contribution in [2.24, 2.45) is 0 Å². The molecular weight excluding hydrogens is 270 g/mol. The Labute approximate surface area is 121 Å². The van der Waals surface area contributed by atoms with Crippen molar-refractivity contribution in [2.75, 3.05) is 0 Å². The van der Waals surface area contributed by atoms with Crippen LogP contribution in [0.4, 0.5) is 0 Å². The van der Waals surface area contributed by atoms with E-state index in [1.54, 1.807) is 6.07 Å². The Hall–Kier alpha value is -2.37. The summed E-state index contributed by atoms with van der Waals surface area (Å²) in [4.78, 5) is 24.0. The Kier molecular flexibility index (Phi) is 3.37. The van der Waals surface area contributed by atoms with Crippen LogP contribution >= 0.6 is 0 Å². The summed E-state index contributed by atoms with van der Waals surface area (Å²) in [5.74, 6) is -1.40. The van der Waals surface area contributed by atoms with Crippen LogP contribution in [0, 0.1) is 0 Å². The molecular formula is C15H17N3O3. The van der Waals surface area contributed by atoms with Crippen molar-refractivity contribution in [1.29, 1.82) is 0 Å². The van der Waals surface area contributed by atoms with Crippen molar-refractivity contribution in [3.05, 3.63) is 30.0 Å². The monoisotopic (exact) mass is 287 g/mol. The third-order valence-electron chi connectivity index (χ3n) is 4.15. The van der Waals surface area contributed by atoms with Gasteiger partial charge >= 0.3 is 5.97 Å². The second-order valence-electron chi connectivity index (χ2n) is 5.52. The maximum atomic E-state index is 12.4. The molecule has 6 nitrogen and oxygen atoms in total. The summed E-state index contributed by atoms with van der Waals surface area (Å²) in [6.45, 7) is 0. The van der Waals surface area contributed by atoms with Gasteiger partial charge in [-0.2, -0.15) is 5.10 Å². The van der Waals surface area contributed by atoms with Gasteiger partial charge in [0, 0.05) is 5.39 Å². The van der Waals surface area contributed by atoms with E-state index < -0.39 is 17.4 Å². The number of hydrogen-bond donors (Lipinski definition) is 3. The first-order valence-electron chi connectivity index (χ1n) is 7.11. The van der Waals surface area contributed by atoms with Crippen LogP contribution in [0.1, 0.15) is 42.6 Å². The molecule has 1 aromatic heterocycles. The van der Waals surface area contributed by atoms with E-state index in [9.17, 15) is 14.7 Å². The molecule has 1 amide bonds. The lowest BCUT2D eigenvalue weighted by Crippen LogP contribution is -2.55. The number of fused-ring (bicyclic) bond motifs is 1. The molecule has 6 heteroatoms. The lowest BCUT2D eigenvalue weighted by Gasteiger charge is -2.33. The number of rotatable bonds is 3. The summed E-state index contributed by atoms with van der Waals surface area (Å²) in [6, 6.07) is 7.29. The van der Waals surface area contributed by atoms with Crippen LogP contribution in [0.25, 0.3) is 10.9 Å². The van der Waals surface area contributed by atoms with E-state index in [4.69, 9.17) is 0 Å². The van der Waals surface area contributed by atoms with Crippen LogP contribution in [-0.4, -0.2) is 32.7 Å². The lowest BCUT2D eigenvalue weighted by molar-refractivity contribution is -0.145. The molecule has 0 atom stereocenters. The van der Waals surface area contributed by atoms with Gasteiger partial charge in [-0.15, -0.1) is 0 Å². The van der Waals surface area contributed by atoms with Crippen molar-refractivity contribution < 1.29 is 14.7 Å². The molecule has 1 aliphatic rings. The van der Waals surface area contributed by atoms with Gasteiger partial charge in [0.15, 0.2) is 5.69 Å². The van der Waals surface area contributed by atoms with E-state index in [-0.39, 0.29) is 5.69 Å². The minimum atomic E-state index is -1.16. The zero-order valence-corrected chi connectivity index (χ0v) is 11.6. The molecule has 1 heterocycles. The van der Waals surface area contributed by atoms with Crippen molar-refractivity contribution in [3.8, 4) is 0 Å². The molecule has 0 saturated heterocycles. The molecule has 1 fully saturated rings. The average Bonchev–Trinajstić information content (AvgIpc) is 2.92. The van der Waals surface area contributed by atoms with Crippen LogP contribution in [-0.2, 0) is 4.79 Å². The van der Waals surface area contributed by atoms with Gasteiger partial charge in [0.1, 0.15) is 5.54 Å². The number of para-hydroxylation sites is 1. The predicted molar refractivity (Wildman–Crippen MR) is 77.0 cm³/mol. The van der Waals surface area contributed by atoms with Gasteiger partial charge in [0.2, 0.25) is 0 Å². The zero-order chi connectivity index (χ0) is 14.9. The number of benzene rings is 1. The Morgan fingerprint density at radius 2 is 1.90 bits per heavy atom. The number of nitrogens with one attached hydrogen (secondary N) is 2. The van der Waals surface area contributed by atoms with Gasteiger partial charge in [0.25, 0.3) is 5.91 Å². The highest BCUT2D eigenvalue weighted by molar-refractivity contribution is 6.06. The molecule has 3 N–H and O–H groups in total. The SMILES string of the molecule is O=C(NC1(C(=O)O)CCCCC1)c1n[nH]c2ccccc12. The number of carboxylic acids is 1. The minimum absolute atomic E-state index is 0.247. The molecule has 110 valence electrons. The second kappa shape index (κ2) is 5.20. The number of aliphatic carboxylic acids is 1. The van der Waals surface area contributed by atoms with Crippen LogP contribution in [0.15, 0.2) is 24.3 Å². The molecule has 0 bridgehead atoms. The number of amides is 1. The Balaban J connectivity index is 1.89. The number of carboxylic acid groups (broad SMARTS) is 1. The first-order chi connectivity index (χ1) is 10.1.